The Hall–Kier alpha value is -0.870. The van der Waals surface area contributed by atoms with Crippen LogP contribution in [-0.2, 0) is 11.3 Å². The van der Waals surface area contributed by atoms with Gasteiger partial charge in [-0.25, -0.2) is 0 Å². The van der Waals surface area contributed by atoms with E-state index in [1.54, 1.807) is 11.3 Å². The van der Waals surface area contributed by atoms with Crippen molar-refractivity contribution in [2.75, 3.05) is 6.54 Å². The molecule has 0 radical (unpaired) electrons. The Bertz CT molecular complexity index is 342. The lowest BCUT2D eigenvalue weighted by Gasteiger charge is -2.25. The summed E-state index contributed by atoms with van der Waals surface area (Å²) in [5, 5.41) is 5.03. The number of carbonyl (C=O) groups is 1. The number of nitrogens with two attached hydrogens (primary N) is 1. The molecule has 1 aromatic heterocycles. The molecule has 0 saturated heterocycles. The quantitative estimate of drug-likeness (QED) is 0.841. The summed E-state index contributed by atoms with van der Waals surface area (Å²) in [6.07, 6.45) is 4.15. The van der Waals surface area contributed by atoms with Gasteiger partial charge in [0.25, 0.3) is 0 Å². The van der Waals surface area contributed by atoms with Crippen LogP contribution in [0.4, 0.5) is 0 Å². The number of carbonyl (C=O) groups excluding carboxylic acids is 1. The van der Waals surface area contributed by atoms with E-state index < -0.39 is 0 Å². The van der Waals surface area contributed by atoms with Crippen LogP contribution in [0.2, 0.25) is 0 Å². The van der Waals surface area contributed by atoms with E-state index in [1.165, 1.54) is 4.88 Å². The Morgan fingerprint density at radius 3 is 2.81 bits per heavy atom. The van der Waals surface area contributed by atoms with Gasteiger partial charge in [-0.05, 0) is 24.3 Å². The van der Waals surface area contributed by atoms with Crippen molar-refractivity contribution in [1.82, 2.24) is 5.32 Å². The van der Waals surface area contributed by atoms with Gasteiger partial charge in [0, 0.05) is 11.4 Å². The van der Waals surface area contributed by atoms with Crippen LogP contribution in [0.3, 0.4) is 0 Å². The first-order chi connectivity index (χ1) is 7.77. The molecule has 2 rings (SSSR count). The van der Waals surface area contributed by atoms with Gasteiger partial charge >= 0.3 is 0 Å². The smallest absolute Gasteiger partial charge is 0.227 e. The van der Waals surface area contributed by atoms with Crippen LogP contribution < -0.4 is 11.1 Å². The van der Waals surface area contributed by atoms with Crippen LogP contribution in [0.1, 0.15) is 30.6 Å². The minimum Gasteiger partial charge on any atom is -0.351 e. The molecule has 0 bridgehead atoms. The molecule has 1 aliphatic rings. The van der Waals surface area contributed by atoms with Gasteiger partial charge in [-0.15, -0.1) is 11.3 Å². The molecule has 4 heteroatoms. The van der Waals surface area contributed by atoms with Crippen molar-refractivity contribution in [1.29, 1.82) is 0 Å². The van der Waals surface area contributed by atoms with E-state index in [2.05, 4.69) is 5.32 Å². The highest BCUT2D eigenvalue weighted by Crippen LogP contribution is 2.37. The third-order valence-electron chi connectivity index (χ3n) is 3.44. The summed E-state index contributed by atoms with van der Waals surface area (Å²) in [7, 11) is 0. The van der Waals surface area contributed by atoms with E-state index in [-0.39, 0.29) is 11.3 Å². The fourth-order valence-electron chi connectivity index (χ4n) is 2.34. The summed E-state index contributed by atoms with van der Waals surface area (Å²) in [4.78, 5) is 13.3. The Kier molecular flexibility index (Phi) is 3.61. The fourth-order valence-corrected chi connectivity index (χ4v) is 2.99. The maximum Gasteiger partial charge on any atom is 0.227 e. The van der Waals surface area contributed by atoms with Gasteiger partial charge in [-0.1, -0.05) is 18.9 Å². The predicted octanol–water partition coefficient (Wildman–Crippen LogP) is 1.88. The maximum absolute atomic E-state index is 12.1. The Balaban J connectivity index is 1.91. The average molecular weight is 238 g/mol. The normalized spacial score (nSPS) is 18.6. The molecule has 0 aromatic carbocycles. The van der Waals surface area contributed by atoms with Gasteiger partial charge in [0.15, 0.2) is 0 Å². The zero-order chi connectivity index (χ0) is 11.4. The summed E-state index contributed by atoms with van der Waals surface area (Å²) in [6.45, 7) is 1.11. The monoisotopic (exact) mass is 238 g/mol. The third-order valence-corrected chi connectivity index (χ3v) is 4.31. The zero-order valence-electron chi connectivity index (χ0n) is 9.37. The lowest BCUT2D eigenvalue weighted by atomic mass is 9.85. The highest BCUT2D eigenvalue weighted by molar-refractivity contribution is 7.09. The number of rotatable bonds is 4. The average Bonchev–Trinajstić information content (AvgIpc) is 2.97. The molecule has 16 heavy (non-hydrogen) atoms. The lowest BCUT2D eigenvalue weighted by molar-refractivity contribution is -0.130. The Labute approximate surface area is 100 Å². The van der Waals surface area contributed by atoms with Crippen LogP contribution in [0.25, 0.3) is 0 Å². The summed E-state index contributed by atoms with van der Waals surface area (Å²) < 4.78 is 0. The first kappa shape index (κ1) is 11.6. The molecule has 1 fully saturated rings. The van der Waals surface area contributed by atoms with Crippen LogP contribution in [0.15, 0.2) is 17.5 Å². The summed E-state index contributed by atoms with van der Waals surface area (Å²) in [5.41, 5.74) is 5.48. The van der Waals surface area contributed by atoms with E-state index >= 15 is 0 Å². The summed E-state index contributed by atoms with van der Waals surface area (Å²) >= 11 is 1.67. The van der Waals surface area contributed by atoms with Gasteiger partial charge < -0.3 is 11.1 Å². The minimum absolute atomic E-state index is 0.140. The SMILES string of the molecule is NCC1(C(=O)NCc2cccs2)CCCC1. The molecule has 1 saturated carbocycles. The van der Waals surface area contributed by atoms with Crippen molar-refractivity contribution < 1.29 is 4.79 Å². The number of amides is 1. The molecular weight excluding hydrogens is 220 g/mol. The second-order valence-corrected chi connectivity index (χ2v) is 5.49. The maximum atomic E-state index is 12.1. The largest absolute Gasteiger partial charge is 0.351 e. The number of nitrogens with one attached hydrogen (secondary N) is 1. The fraction of sp³-hybridized carbons (Fsp3) is 0.583. The van der Waals surface area contributed by atoms with E-state index in [1.807, 2.05) is 17.5 Å². The molecule has 3 N–H and O–H groups in total. The van der Waals surface area contributed by atoms with Crippen molar-refractivity contribution in [2.24, 2.45) is 11.1 Å². The lowest BCUT2D eigenvalue weighted by Crippen LogP contribution is -2.43. The second kappa shape index (κ2) is 4.97. The van der Waals surface area contributed by atoms with E-state index in [0.29, 0.717) is 13.1 Å². The van der Waals surface area contributed by atoms with Crippen LogP contribution >= 0.6 is 11.3 Å². The van der Waals surface area contributed by atoms with Gasteiger partial charge in [-0.2, -0.15) is 0 Å². The number of thiophene rings is 1. The molecule has 1 heterocycles. The van der Waals surface area contributed by atoms with Crippen molar-refractivity contribution in [3.63, 3.8) is 0 Å². The van der Waals surface area contributed by atoms with Gasteiger partial charge in [0.05, 0.1) is 12.0 Å². The highest BCUT2D eigenvalue weighted by atomic mass is 32.1. The number of hydrogen-bond donors (Lipinski definition) is 2. The van der Waals surface area contributed by atoms with Crippen molar-refractivity contribution in [3.05, 3.63) is 22.4 Å². The Morgan fingerprint density at radius 1 is 1.50 bits per heavy atom. The third kappa shape index (κ3) is 2.28. The zero-order valence-corrected chi connectivity index (χ0v) is 10.2. The van der Waals surface area contributed by atoms with E-state index in [9.17, 15) is 4.79 Å². The van der Waals surface area contributed by atoms with Crippen LogP contribution in [0.5, 0.6) is 0 Å². The summed E-state index contributed by atoms with van der Waals surface area (Å²) in [5.74, 6) is 0.140. The molecule has 88 valence electrons. The molecule has 1 amide bonds. The van der Waals surface area contributed by atoms with Gasteiger partial charge in [-0.3, -0.25) is 4.79 Å². The molecule has 0 spiro atoms. The summed E-state index contributed by atoms with van der Waals surface area (Å²) in [6, 6.07) is 4.04. The molecule has 1 aliphatic carbocycles. The molecule has 3 nitrogen and oxygen atoms in total. The molecule has 0 unspecified atom stereocenters. The van der Waals surface area contributed by atoms with E-state index in [0.717, 1.165) is 25.7 Å². The minimum atomic E-state index is -0.280. The second-order valence-electron chi connectivity index (χ2n) is 4.45. The van der Waals surface area contributed by atoms with Crippen molar-refractivity contribution >= 4 is 17.2 Å². The number of hydrogen-bond acceptors (Lipinski definition) is 3. The van der Waals surface area contributed by atoms with Crippen molar-refractivity contribution in [2.45, 2.75) is 32.2 Å². The van der Waals surface area contributed by atoms with Crippen LogP contribution in [0, 0.1) is 5.41 Å². The standard InChI is InChI=1S/C12H18N2OS/c13-9-12(5-1-2-6-12)11(15)14-8-10-4-3-7-16-10/h3-4,7H,1-2,5-6,8-9,13H2,(H,14,15). The van der Waals surface area contributed by atoms with Crippen molar-refractivity contribution in [3.8, 4) is 0 Å². The Morgan fingerprint density at radius 2 is 2.25 bits per heavy atom. The first-order valence-electron chi connectivity index (χ1n) is 5.78. The predicted molar refractivity (Wildman–Crippen MR) is 66.1 cm³/mol. The van der Waals surface area contributed by atoms with Crippen LogP contribution in [-0.4, -0.2) is 12.5 Å². The van der Waals surface area contributed by atoms with Gasteiger partial charge in [0.2, 0.25) is 5.91 Å². The molecule has 0 atom stereocenters. The molecule has 0 aliphatic heterocycles. The molecular formula is C12H18N2OS. The first-order valence-corrected chi connectivity index (χ1v) is 6.65. The van der Waals surface area contributed by atoms with Gasteiger partial charge in [0.1, 0.15) is 0 Å². The molecule has 1 aromatic rings. The highest BCUT2D eigenvalue weighted by Gasteiger charge is 2.39. The van der Waals surface area contributed by atoms with E-state index in [4.69, 9.17) is 5.73 Å². The topological polar surface area (TPSA) is 55.1 Å².